The van der Waals surface area contributed by atoms with Crippen LogP contribution in [0.4, 0.5) is 0 Å². The number of piperidine rings is 1. The van der Waals surface area contributed by atoms with Crippen molar-refractivity contribution in [2.45, 2.75) is 155 Å². The van der Waals surface area contributed by atoms with Gasteiger partial charge >= 0.3 is 5.97 Å². The summed E-state index contributed by atoms with van der Waals surface area (Å²) < 4.78 is 5.72. The van der Waals surface area contributed by atoms with Gasteiger partial charge in [-0.25, -0.2) is 4.79 Å². The van der Waals surface area contributed by atoms with Crippen molar-refractivity contribution in [1.29, 1.82) is 0 Å². The quantitative estimate of drug-likeness (QED) is 0.156. The lowest BCUT2D eigenvalue weighted by Crippen LogP contribution is -2.59. The fourth-order valence-corrected chi connectivity index (χ4v) is 4.98. The maximum absolute atomic E-state index is 12.1. The average Bonchev–Trinajstić information content (AvgIpc) is 2.62. The predicted molar refractivity (Wildman–Crippen MR) is 130 cm³/mol. The van der Waals surface area contributed by atoms with Crippen LogP contribution in [0, 0.1) is 0 Å². The number of hydrogen-bond acceptors (Lipinski definition) is 3. The lowest BCUT2D eigenvalue weighted by Gasteiger charge is -2.45. The Labute approximate surface area is 187 Å². The minimum atomic E-state index is -0.178. The monoisotopic (exact) mass is 421 g/mol. The van der Waals surface area contributed by atoms with Crippen LogP contribution < -0.4 is 5.32 Å². The minimum Gasteiger partial charge on any atom is -0.459 e. The van der Waals surface area contributed by atoms with Crippen LogP contribution in [-0.2, 0) is 9.53 Å². The van der Waals surface area contributed by atoms with Crippen LogP contribution in [0.1, 0.15) is 137 Å². The number of ether oxygens (including phenoxy) is 1. The fraction of sp³-hybridized carbons (Fsp3) is 0.889. The van der Waals surface area contributed by atoms with E-state index in [-0.39, 0.29) is 23.2 Å². The Balaban J connectivity index is 1.97. The molecular weight excluding hydrogens is 370 g/mol. The molecule has 0 unspecified atom stereocenters. The van der Waals surface area contributed by atoms with Gasteiger partial charge in [0.15, 0.2) is 0 Å². The zero-order valence-electron chi connectivity index (χ0n) is 20.9. The number of rotatable bonds is 16. The first-order chi connectivity index (χ1) is 14.2. The van der Waals surface area contributed by atoms with Crippen LogP contribution in [0.5, 0.6) is 0 Å². The lowest BCUT2D eigenvalue weighted by molar-refractivity contribution is -0.147. The van der Waals surface area contributed by atoms with Gasteiger partial charge < -0.3 is 10.1 Å². The van der Waals surface area contributed by atoms with Crippen molar-refractivity contribution in [3.05, 3.63) is 12.2 Å². The molecule has 1 fully saturated rings. The Morgan fingerprint density at radius 3 is 1.70 bits per heavy atom. The average molecular weight is 422 g/mol. The highest BCUT2D eigenvalue weighted by molar-refractivity contribution is 5.82. The Morgan fingerprint density at radius 1 is 0.800 bits per heavy atom. The van der Waals surface area contributed by atoms with Gasteiger partial charge in [0.25, 0.3) is 0 Å². The van der Waals surface area contributed by atoms with Gasteiger partial charge in [0.05, 0.1) is 0 Å². The molecule has 0 spiro atoms. The van der Waals surface area contributed by atoms with Crippen LogP contribution >= 0.6 is 0 Å². The fourth-order valence-electron chi connectivity index (χ4n) is 4.98. The summed E-state index contributed by atoms with van der Waals surface area (Å²) >= 11 is 0. The maximum atomic E-state index is 12.1. The maximum Gasteiger partial charge on any atom is 0.330 e. The number of allylic oxidation sites excluding steroid dienone is 1. The third-order valence-electron chi connectivity index (χ3n) is 6.16. The number of nitrogens with one attached hydrogen (secondary N) is 1. The van der Waals surface area contributed by atoms with E-state index in [2.05, 4.69) is 39.9 Å². The highest BCUT2D eigenvalue weighted by Gasteiger charge is 2.39. The first-order valence-corrected chi connectivity index (χ1v) is 12.9. The molecule has 1 N–H and O–H groups in total. The van der Waals surface area contributed by atoms with Crippen molar-refractivity contribution < 1.29 is 9.53 Å². The van der Waals surface area contributed by atoms with Crippen LogP contribution in [-0.4, -0.2) is 23.2 Å². The summed E-state index contributed by atoms with van der Waals surface area (Å²) in [5.41, 5.74) is 0.0100. The third-order valence-corrected chi connectivity index (χ3v) is 6.16. The van der Waals surface area contributed by atoms with E-state index in [1.807, 2.05) is 6.08 Å². The van der Waals surface area contributed by atoms with E-state index < -0.39 is 0 Å². The molecule has 0 radical (unpaired) electrons. The van der Waals surface area contributed by atoms with Crippen molar-refractivity contribution in [3.8, 4) is 0 Å². The molecule has 0 aliphatic carbocycles. The van der Waals surface area contributed by atoms with Gasteiger partial charge in [-0.15, -0.1) is 0 Å². The molecule has 0 atom stereocenters. The SMILES string of the molecule is CCCCCCCCCCCCCCCC=CC(=O)OC1CC(C)(C)NC(C)(C)C1. The molecule has 0 aromatic carbocycles. The van der Waals surface area contributed by atoms with Gasteiger partial charge in [0.1, 0.15) is 6.10 Å². The molecule has 30 heavy (non-hydrogen) atoms. The summed E-state index contributed by atoms with van der Waals surface area (Å²) in [5.74, 6) is -0.178. The van der Waals surface area contributed by atoms with E-state index in [0.29, 0.717) is 0 Å². The Bertz CT molecular complexity index is 465. The zero-order chi connectivity index (χ0) is 22.3. The second kappa shape index (κ2) is 15.1. The first-order valence-electron chi connectivity index (χ1n) is 12.9. The Hall–Kier alpha value is -0.830. The summed E-state index contributed by atoms with van der Waals surface area (Å²) in [6.07, 6.45) is 24.2. The second-order valence-corrected chi connectivity index (χ2v) is 10.8. The van der Waals surface area contributed by atoms with E-state index in [0.717, 1.165) is 19.3 Å². The summed E-state index contributed by atoms with van der Waals surface area (Å²) in [4.78, 5) is 12.1. The molecule has 0 bridgehead atoms. The van der Waals surface area contributed by atoms with Crippen molar-refractivity contribution in [3.63, 3.8) is 0 Å². The molecule has 1 aliphatic rings. The molecule has 1 saturated heterocycles. The standard InChI is InChI=1S/C27H51NO2/c1-6-7-8-9-10-11-12-13-14-15-16-17-18-19-20-21-25(29)30-24-22-26(2,3)28-27(4,5)23-24/h20-21,24,28H,6-19,22-23H2,1-5H3. The topological polar surface area (TPSA) is 38.3 Å². The van der Waals surface area contributed by atoms with Crippen LogP contribution in [0.3, 0.4) is 0 Å². The van der Waals surface area contributed by atoms with Crippen molar-refractivity contribution in [2.24, 2.45) is 0 Å². The van der Waals surface area contributed by atoms with Gasteiger partial charge in [-0.3, -0.25) is 0 Å². The van der Waals surface area contributed by atoms with Gasteiger partial charge in [-0.05, 0) is 40.5 Å². The predicted octanol–water partition coefficient (Wildman–Crippen LogP) is 7.88. The van der Waals surface area contributed by atoms with E-state index in [1.54, 1.807) is 6.08 Å². The van der Waals surface area contributed by atoms with E-state index >= 15 is 0 Å². The van der Waals surface area contributed by atoms with E-state index in [4.69, 9.17) is 4.74 Å². The zero-order valence-corrected chi connectivity index (χ0v) is 20.9. The van der Waals surface area contributed by atoms with Crippen molar-refractivity contribution in [1.82, 2.24) is 5.32 Å². The molecule has 176 valence electrons. The second-order valence-electron chi connectivity index (χ2n) is 10.8. The largest absolute Gasteiger partial charge is 0.459 e. The summed E-state index contributed by atoms with van der Waals surface area (Å²) in [6, 6.07) is 0. The van der Waals surface area contributed by atoms with Crippen LogP contribution in [0.2, 0.25) is 0 Å². The van der Waals surface area contributed by atoms with Gasteiger partial charge in [0, 0.05) is 30.0 Å². The normalized spacial score (nSPS) is 18.7. The molecule has 0 saturated carbocycles. The summed E-state index contributed by atoms with van der Waals surface area (Å²) in [7, 11) is 0. The van der Waals surface area contributed by atoms with Gasteiger partial charge in [0.2, 0.25) is 0 Å². The van der Waals surface area contributed by atoms with Crippen LogP contribution in [0.15, 0.2) is 12.2 Å². The smallest absolute Gasteiger partial charge is 0.330 e. The number of carbonyl (C=O) groups is 1. The molecule has 1 rings (SSSR count). The highest BCUT2D eigenvalue weighted by atomic mass is 16.5. The Kier molecular flexibility index (Phi) is 13.6. The first kappa shape index (κ1) is 27.2. The van der Waals surface area contributed by atoms with Crippen molar-refractivity contribution in [2.75, 3.05) is 0 Å². The van der Waals surface area contributed by atoms with Crippen molar-refractivity contribution >= 4 is 5.97 Å². The number of hydrogen-bond donors (Lipinski definition) is 1. The number of carbonyl (C=O) groups excluding carboxylic acids is 1. The van der Waals surface area contributed by atoms with Crippen LogP contribution in [0.25, 0.3) is 0 Å². The number of unbranched alkanes of at least 4 members (excludes halogenated alkanes) is 13. The minimum absolute atomic E-state index is 0.00439. The van der Waals surface area contributed by atoms with E-state index in [1.165, 1.54) is 83.5 Å². The highest BCUT2D eigenvalue weighted by Crippen LogP contribution is 2.30. The van der Waals surface area contributed by atoms with E-state index in [9.17, 15) is 4.79 Å². The molecule has 3 heteroatoms. The third kappa shape index (κ3) is 14.2. The number of esters is 1. The summed E-state index contributed by atoms with van der Waals surface area (Å²) in [6.45, 7) is 11.0. The molecule has 0 aromatic rings. The molecule has 0 aromatic heterocycles. The molecule has 1 heterocycles. The molecular formula is C27H51NO2. The Morgan fingerprint density at radius 2 is 1.23 bits per heavy atom. The molecule has 0 amide bonds. The molecule has 1 aliphatic heterocycles. The summed E-state index contributed by atoms with van der Waals surface area (Å²) in [5, 5.41) is 3.63. The van der Waals surface area contributed by atoms with Gasteiger partial charge in [-0.1, -0.05) is 90.0 Å². The molecule has 3 nitrogen and oxygen atoms in total. The van der Waals surface area contributed by atoms with Gasteiger partial charge in [-0.2, -0.15) is 0 Å². The lowest BCUT2D eigenvalue weighted by atomic mass is 9.81.